The average Bonchev–Trinajstić information content (AvgIpc) is 2.72. The summed E-state index contributed by atoms with van der Waals surface area (Å²) in [6.45, 7) is 9.25. The van der Waals surface area contributed by atoms with Crippen molar-refractivity contribution in [3.05, 3.63) is 59.2 Å². The van der Waals surface area contributed by atoms with Crippen LogP contribution >= 0.6 is 0 Å². The van der Waals surface area contributed by atoms with Gasteiger partial charge in [-0.2, -0.15) is 4.31 Å². The van der Waals surface area contributed by atoms with Gasteiger partial charge in [-0.3, -0.25) is 4.79 Å². The Balaban J connectivity index is 1.73. The summed E-state index contributed by atoms with van der Waals surface area (Å²) < 4.78 is 33.4. The number of carbonyl (C=O) groups excluding carboxylic acids is 1. The van der Waals surface area contributed by atoms with Crippen LogP contribution in [0.25, 0.3) is 0 Å². The highest BCUT2D eigenvalue weighted by atomic mass is 32.2. The van der Waals surface area contributed by atoms with Crippen LogP contribution < -0.4 is 10.1 Å². The van der Waals surface area contributed by atoms with Gasteiger partial charge in [0.2, 0.25) is 10.0 Å². The van der Waals surface area contributed by atoms with E-state index in [1.54, 1.807) is 12.1 Å². The van der Waals surface area contributed by atoms with E-state index in [-0.39, 0.29) is 16.9 Å². The second-order valence-electron chi connectivity index (χ2n) is 8.56. The van der Waals surface area contributed by atoms with E-state index in [2.05, 4.69) is 12.2 Å². The smallest absolute Gasteiger partial charge is 0.251 e. The van der Waals surface area contributed by atoms with Crippen LogP contribution in [0.3, 0.4) is 0 Å². The maximum Gasteiger partial charge on any atom is 0.251 e. The summed E-state index contributed by atoms with van der Waals surface area (Å²) in [6, 6.07) is 12.4. The standard InChI is InChI=1S/C24H32N2O4S/c1-17(2)30-21-7-5-6-20(14-21)16-25-24(27)23-15-22(9-8-19(23)4)31(28,29)26-12-10-18(3)11-13-26/h5-9,14-15,17-18H,10-13,16H2,1-4H3,(H,25,27). The molecule has 0 spiro atoms. The second-order valence-corrected chi connectivity index (χ2v) is 10.5. The van der Waals surface area contributed by atoms with E-state index in [1.165, 1.54) is 10.4 Å². The normalized spacial score (nSPS) is 15.8. The summed E-state index contributed by atoms with van der Waals surface area (Å²) in [5, 5.41) is 2.90. The van der Waals surface area contributed by atoms with Gasteiger partial charge < -0.3 is 10.1 Å². The van der Waals surface area contributed by atoms with Crippen molar-refractivity contribution in [3.63, 3.8) is 0 Å². The first-order valence-electron chi connectivity index (χ1n) is 10.8. The number of hydrogen-bond acceptors (Lipinski definition) is 4. The van der Waals surface area contributed by atoms with Crippen LogP contribution in [0, 0.1) is 12.8 Å². The molecule has 1 amide bonds. The fraction of sp³-hybridized carbons (Fsp3) is 0.458. The number of sulfonamides is 1. The van der Waals surface area contributed by atoms with Crippen LogP contribution in [0.1, 0.15) is 55.1 Å². The van der Waals surface area contributed by atoms with E-state index in [9.17, 15) is 13.2 Å². The zero-order valence-corrected chi connectivity index (χ0v) is 19.5. The van der Waals surface area contributed by atoms with Gasteiger partial charge in [0.1, 0.15) is 5.75 Å². The van der Waals surface area contributed by atoms with Crippen molar-refractivity contribution in [2.45, 2.75) is 58.1 Å². The Bertz CT molecular complexity index is 1030. The molecule has 2 aromatic carbocycles. The molecule has 1 heterocycles. The molecular weight excluding hydrogens is 412 g/mol. The van der Waals surface area contributed by atoms with Gasteiger partial charge >= 0.3 is 0 Å². The molecule has 0 atom stereocenters. The Kier molecular flexibility index (Phi) is 7.38. The fourth-order valence-corrected chi connectivity index (χ4v) is 5.16. The molecule has 1 N–H and O–H groups in total. The number of piperidine rings is 1. The lowest BCUT2D eigenvalue weighted by atomic mass is 10.0. The highest BCUT2D eigenvalue weighted by Gasteiger charge is 2.28. The first-order valence-corrected chi connectivity index (χ1v) is 12.3. The fourth-order valence-electron chi connectivity index (χ4n) is 3.66. The topological polar surface area (TPSA) is 75.7 Å². The summed E-state index contributed by atoms with van der Waals surface area (Å²) in [5.74, 6) is 0.995. The number of nitrogens with zero attached hydrogens (tertiary/aromatic N) is 1. The number of aryl methyl sites for hydroxylation is 1. The maximum atomic E-state index is 13.1. The maximum absolute atomic E-state index is 13.1. The number of ether oxygens (including phenoxy) is 1. The molecule has 0 aliphatic carbocycles. The number of nitrogens with one attached hydrogen (secondary N) is 1. The molecule has 3 rings (SSSR count). The van der Waals surface area contributed by atoms with E-state index in [0.29, 0.717) is 31.1 Å². The molecule has 1 aliphatic rings. The molecule has 1 aliphatic heterocycles. The Hall–Kier alpha value is -2.38. The number of carbonyl (C=O) groups is 1. The van der Waals surface area contributed by atoms with Gasteiger partial charge in [0, 0.05) is 25.2 Å². The molecule has 2 aromatic rings. The van der Waals surface area contributed by atoms with Gasteiger partial charge in [0.25, 0.3) is 5.91 Å². The zero-order valence-electron chi connectivity index (χ0n) is 18.7. The summed E-state index contributed by atoms with van der Waals surface area (Å²) in [5.41, 5.74) is 2.03. The predicted octanol–water partition coefficient (Wildman–Crippen LogP) is 4.13. The lowest BCUT2D eigenvalue weighted by Gasteiger charge is -2.29. The SMILES string of the molecule is Cc1ccc(S(=O)(=O)N2CCC(C)CC2)cc1C(=O)NCc1cccc(OC(C)C)c1. The minimum atomic E-state index is -3.61. The van der Waals surface area contributed by atoms with Crippen molar-refractivity contribution in [2.24, 2.45) is 5.92 Å². The van der Waals surface area contributed by atoms with Crippen molar-refractivity contribution in [1.29, 1.82) is 0 Å². The highest BCUT2D eigenvalue weighted by Crippen LogP contribution is 2.25. The van der Waals surface area contributed by atoms with E-state index in [0.717, 1.165) is 29.7 Å². The van der Waals surface area contributed by atoms with Gasteiger partial charge in [-0.25, -0.2) is 8.42 Å². The summed E-state index contributed by atoms with van der Waals surface area (Å²) in [6.07, 6.45) is 1.79. The lowest BCUT2D eigenvalue weighted by Crippen LogP contribution is -2.38. The highest BCUT2D eigenvalue weighted by molar-refractivity contribution is 7.89. The molecule has 31 heavy (non-hydrogen) atoms. The third kappa shape index (κ3) is 5.86. The minimum Gasteiger partial charge on any atom is -0.491 e. The molecular formula is C24H32N2O4S. The van der Waals surface area contributed by atoms with Crippen LogP contribution in [-0.4, -0.2) is 37.8 Å². The van der Waals surface area contributed by atoms with Crippen molar-refractivity contribution in [1.82, 2.24) is 9.62 Å². The Morgan fingerprint density at radius 2 is 1.87 bits per heavy atom. The molecule has 0 aromatic heterocycles. The predicted molar refractivity (Wildman–Crippen MR) is 122 cm³/mol. The molecule has 168 valence electrons. The molecule has 0 radical (unpaired) electrons. The summed E-state index contributed by atoms with van der Waals surface area (Å²) in [4.78, 5) is 13.0. The molecule has 1 fully saturated rings. The van der Waals surface area contributed by atoms with Gasteiger partial charge in [-0.05, 0) is 74.9 Å². The molecule has 1 saturated heterocycles. The van der Waals surface area contributed by atoms with Crippen LogP contribution in [0.2, 0.25) is 0 Å². The quantitative estimate of drug-likeness (QED) is 0.697. The average molecular weight is 445 g/mol. The van der Waals surface area contributed by atoms with Crippen molar-refractivity contribution < 1.29 is 17.9 Å². The zero-order chi connectivity index (χ0) is 22.6. The first kappa shape index (κ1) is 23.3. The van der Waals surface area contributed by atoms with Crippen LogP contribution in [-0.2, 0) is 16.6 Å². The van der Waals surface area contributed by atoms with Gasteiger partial charge in [0.15, 0.2) is 0 Å². The molecule has 0 saturated carbocycles. The molecule has 0 bridgehead atoms. The minimum absolute atomic E-state index is 0.0697. The van der Waals surface area contributed by atoms with Gasteiger partial charge in [-0.1, -0.05) is 25.1 Å². The number of benzene rings is 2. The second kappa shape index (κ2) is 9.83. The summed E-state index contributed by atoms with van der Waals surface area (Å²) in [7, 11) is -3.61. The Morgan fingerprint density at radius 1 is 1.16 bits per heavy atom. The Labute approximate surface area is 185 Å². The number of amides is 1. The third-order valence-electron chi connectivity index (χ3n) is 5.56. The van der Waals surface area contributed by atoms with Crippen LogP contribution in [0.4, 0.5) is 0 Å². The van der Waals surface area contributed by atoms with E-state index < -0.39 is 10.0 Å². The van der Waals surface area contributed by atoms with E-state index in [1.807, 2.05) is 45.0 Å². The monoisotopic (exact) mass is 444 g/mol. The van der Waals surface area contributed by atoms with Gasteiger partial charge in [-0.15, -0.1) is 0 Å². The molecule has 6 nitrogen and oxygen atoms in total. The van der Waals surface area contributed by atoms with E-state index in [4.69, 9.17) is 4.74 Å². The summed E-state index contributed by atoms with van der Waals surface area (Å²) >= 11 is 0. The first-order chi connectivity index (χ1) is 14.7. The number of rotatable bonds is 7. The number of hydrogen-bond donors (Lipinski definition) is 1. The molecule has 7 heteroatoms. The third-order valence-corrected chi connectivity index (χ3v) is 7.45. The largest absolute Gasteiger partial charge is 0.491 e. The van der Waals surface area contributed by atoms with Crippen molar-refractivity contribution in [3.8, 4) is 5.75 Å². The van der Waals surface area contributed by atoms with Crippen LogP contribution in [0.15, 0.2) is 47.4 Å². The Morgan fingerprint density at radius 3 is 2.55 bits per heavy atom. The molecule has 0 unspecified atom stereocenters. The van der Waals surface area contributed by atoms with Crippen molar-refractivity contribution >= 4 is 15.9 Å². The lowest BCUT2D eigenvalue weighted by molar-refractivity contribution is 0.0950. The van der Waals surface area contributed by atoms with Gasteiger partial charge in [0.05, 0.1) is 11.0 Å². The van der Waals surface area contributed by atoms with Crippen LogP contribution in [0.5, 0.6) is 5.75 Å². The van der Waals surface area contributed by atoms with Crippen molar-refractivity contribution in [2.75, 3.05) is 13.1 Å². The van der Waals surface area contributed by atoms with E-state index >= 15 is 0 Å².